The van der Waals surface area contributed by atoms with Crippen molar-refractivity contribution in [2.45, 2.75) is 25.5 Å². The van der Waals surface area contributed by atoms with Crippen LogP contribution < -0.4 is 5.32 Å². The number of nitrogens with one attached hydrogen (secondary N) is 1. The number of benzene rings is 2. The van der Waals surface area contributed by atoms with Gasteiger partial charge in [0.15, 0.2) is 11.0 Å². The number of nitrogens with zero attached hydrogens (tertiary/aromatic N) is 3. The van der Waals surface area contributed by atoms with Crippen LogP contribution in [-0.4, -0.2) is 26.4 Å². The summed E-state index contributed by atoms with van der Waals surface area (Å²) in [5.41, 5.74) is 2.50. The summed E-state index contributed by atoms with van der Waals surface area (Å²) < 4.78 is 15.1. The maximum absolute atomic E-state index is 13.1. The number of aryl methyl sites for hydroxylation is 1. The third-order valence-electron chi connectivity index (χ3n) is 3.85. The van der Waals surface area contributed by atoms with Crippen molar-refractivity contribution in [3.8, 4) is 11.4 Å². The van der Waals surface area contributed by atoms with Gasteiger partial charge in [-0.25, -0.2) is 4.39 Å². The molecule has 5 nitrogen and oxygen atoms in total. The number of hydrogen-bond donors (Lipinski definition) is 1. The van der Waals surface area contributed by atoms with E-state index in [4.69, 9.17) is 11.6 Å². The lowest BCUT2D eigenvalue weighted by Gasteiger charge is -2.09. The summed E-state index contributed by atoms with van der Waals surface area (Å²) in [6, 6.07) is 11.9. The van der Waals surface area contributed by atoms with Crippen LogP contribution in [0.1, 0.15) is 12.5 Å². The van der Waals surface area contributed by atoms with Gasteiger partial charge in [-0.2, -0.15) is 0 Å². The second-order valence-electron chi connectivity index (χ2n) is 5.88. The molecular formula is C19H18ClFN4OS. The summed E-state index contributed by atoms with van der Waals surface area (Å²) in [5, 5.41) is 12.0. The monoisotopic (exact) mass is 404 g/mol. The van der Waals surface area contributed by atoms with Gasteiger partial charge in [-0.15, -0.1) is 10.2 Å². The molecule has 0 atom stereocenters. The summed E-state index contributed by atoms with van der Waals surface area (Å²) >= 11 is 7.22. The van der Waals surface area contributed by atoms with Crippen molar-refractivity contribution in [1.29, 1.82) is 0 Å². The van der Waals surface area contributed by atoms with Crippen LogP contribution in [0.25, 0.3) is 11.4 Å². The van der Waals surface area contributed by atoms with E-state index < -0.39 is 5.82 Å². The van der Waals surface area contributed by atoms with Crippen molar-refractivity contribution in [2.24, 2.45) is 0 Å². The molecule has 2 aromatic carbocycles. The number of amides is 1. The Hall–Kier alpha value is -2.38. The molecule has 8 heteroatoms. The molecule has 0 aliphatic rings. The Morgan fingerprint density at radius 2 is 2.07 bits per heavy atom. The summed E-state index contributed by atoms with van der Waals surface area (Å²) in [6.07, 6.45) is 0. The Morgan fingerprint density at radius 3 is 2.78 bits per heavy atom. The third kappa shape index (κ3) is 4.67. The van der Waals surface area contributed by atoms with Gasteiger partial charge in [-0.1, -0.05) is 47.1 Å². The SMILES string of the molecule is CCn1c(SCC(=O)Nc2ccc(F)cc2Cl)nnc1-c1cccc(C)c1. The van der Waals surface area contributed by atoms with Crippen LogP contribution in [-0.2, 0) is 11.3 Å². The number of carbonyl (C=O) groups is 1. The van der Waals surface area contributed by atoms with E-state index >= 15 is 0 Å². The van der Waals surface area contributed by atoms with Crippen LogP contribution in [0.3, 0.4) is 0 Å². The van der Waals surface area contributed by atoms with Crippen molar-refractivity contribution in [3.63, 3.8) is 0 Å². The zero-order chi connectivity index (χ0) is 19.4. The molecule has 27 heavy (non-hydrogen) atoms. The zero-order valence-corrected chi connectivity index (χ0v) is 16.4. The van der Waals surface area contributed by atoms with Crippen molar-refractivity contribution >= 4 is 35.0 Å². The highest BCUT2D eigenvalue weighted by Crippen LogP contribution is 2.26. The number of aromatic nitrogens is 3. The third-order valence-corrected chi connectivity index (χ3v) is 5.13. The molecule has 0 aliphatic heterocycles. The second-order valence-corrected chi connectivity index (χ2v) is 7.23. The minimum Gasteiger partial charge on any atom is -0.324 e. The van der Waals surface area contributed by atoms with Crippen LogP contribution in [0.4, 0.5) is 10.1 Å². The molecule has 1 heterocycles. The number of anilines is 1. The molecule has 0 bridgehead atoms. The number of carbonyl (C=O) groups excluding carboxylic acids is 1. The largest absolute Gasteiger partial charge is 0.324 e. The van der Waals surface area contributed by atoms with Gasteiger partial charge < -0.3 is 9.88 Å². The fourth-order valence-electron chi connectivity index (χ4n) is 2.59. The van der Waals surface area contributed by atoms with E-state index in [1.165, 1.54) is 23.9 Å². The van der Waals surface area contributed by atoms with E-state index in [-0.39, 0.29) is 16.7 Å². The van der Waals surface area contributed by atoms with Gasteiger partial charge in [0, 0.05) is 12.1 Å². The number of rotatable bonds is 6. The number of thioether (sulfide) groups is 1. The minimum atomic E-state index is -0.452. The van der Waals surface area contributed by atoms with Crippen LogP contribution in [0, 0.1) is 12.7 Å². The molecule has 1 N–H and O–H groups in total. The van der Waals surface area contributed by atoms with Gasteiger partial charge >= 0.3 is 0 Å². The Kier molecular flexibility index (Phi) is 6.13. The van der Waals surface area contributed by atoms with E-state index in [1.54, 1.807) is 0 Å². The number of halogens is 2. The van der Waals surface area contributed by atoms with Crippen LogP contribution >= 0.6 is 23.4 Å². The quantitative estimate of drug-likeness (QED) is 0.599. The van der Waals surface area contributed by atoms with Gasteiger partial charge in [0.25, 0.3) is 0 Å². The maximum atomic E-state index is 13.1. The Bertz CT molecular complexity index is 976. The molecule has 3 rings (SSSR count). The first kappa shape index (κ1) is 19.4. The Labute approximate surface area is 166 Å². The van der Waals surface area contributed by atoms with Crippen molar-refractivity contribution in [2.75, 3.05) is 11.1 Å². The first-order valence-electron chi connectivity index (χ1n) is 8.36. The van der Waals surface area contributed by atoms with Crippen molar-refractivity contribution in [1.82, 2.24) is 14.8 Å². The van der Waals surface area contributed by atoms with E-state index in [9.17, 15) is 9.18 Å². The van der Waals surface area contributed by atoms with Gasteiger partial charge in [0.2, 0.25) is 5.91 Å². The normalized spacial score (nSPS) is 10.8. The molecule has 3 aromatic rings. The molecule has 1 aromatic heterocycles. The smallest absolute Gasteiger partial charge is 0.234 e. The van der Waals surface area contributed by atoms with E-state index in [2.05, 4.69) is 15.5 Å². The molecule has 0 aliphatic carbocycles. The average Bonchev–Trinajstić information content (AvgIpc) is 3.05. The molecule has 140 valence electrons. The lowest BCUT2D eigenvalue weighted by Crippen LogP contribution is -2.15. The van der Waals surface area contributed by atoms with Gasteiger partial charge in [0.05, 0.1) is 16.5 Å². The van der Waals surface area contributed by atoms with Crippen LogP contribution in [0.15, 0.2) is 47.6 Å². The Morgan fingerprint density at radius 1 is 1.26 bits per heavy atom. The fraction of sp³-hybridized carbons (Fsp3) is 0.211. The highest BCUT2D eigenvalue weighted by atomic mass is 35.5. The average molecular weight is 405 g/mol. The topological polar surface area (TPSA) is 59.8 Å². The first-order chi connectivity index (χ1) is 13.0. The van der Waals surface area contributed by atoms with Crippen LogP contribution in [0.5, 0.6) is 0 Å². The summed E-state index contributed by atoms with van der Waals surface area (Å²) in [6.45, 7) is 4.71. The molecule has 0 unspecified atom stereocenters. The van der Waals surface area contributed by atoms with Crippen molar-refractivity contribution < 1.29 is 9.18 Å². The summed E-state index contributed by atoms with van der Waals surface area (Å²) in [7, 11) is 0. The van der Waals surface area contributed by atoms with Gasteiger partial charge in [-0.05, 0) is 38.1 Å². The fourth-order valence-corrected chi connectivity index (χ4v) is 3.60. The van der Waals surface area contributed by atoms with Crippen molar-refractivity contribution in [3.05, 3.63) is 58.9 Å². The molecule has 0 spiro atoms. The molecular weight excluding hydrogens is 387 g/mol. The highest BCUT2D eigenvalue weighted by Gasteiger charge is 2.15. The lowest BCUT2D eigenvalue weighted by molar-refractivity contribution is -0.113. The molecule has 1 amide bonds. The summed E-state index contributed by atoms with van der Waals surface area (Å²) in [4.78, 5) is 12.2. The molecule has 0 fully saturated rings. The van der Waals surface area contributed by atoms with E-state index in [0.717, 1.165) is 23.0 Å². The number of hydrogen-bond acceptors (Lipinski definition) is 4. The standard InChI is InChI=1S/C19H18ClFN4OS/c1-3-25-18(13-6-4-5-12(2)9-13)23-24-19(25)27-11-17(26)22-16-8-7-14(21)10-15(16)20/h4-10H,3,11H2,1-2H3,(H,22,26). The maximum Gasteiger partial charge on any atom is 0.234 e. The highest BCUT2D eigenvalue weighted by molar-refractivity contribution is 7.99. The van der Waals surface area contributed by atoms with Crippen LogP contribution in [0.2, 0.25) is 5.02 Å². The Balaban J connectivity index is 1.70. The lowest BCUT2D eigenvalue weighted by atomic mass is 10.1. The minimum absolute atomic E-state index is 0.139. The van der Waals surface area contributed by atoms with Gasteiger partial charge in [0.1, 0.15) is 5.82 Å². The molecule has 0 radical (unpaired) electrons. The molecule has 0 saturated carbocycles. The van der Waals surface area contributed by atoms with E-state index in [0.29, 0.717) is 17.4 Å². The van der Waals surface area contributed by atoms with Gasteiger partial charge in [-0.3, -0.25) is 4.79 Å². The zero-order valence-electron chi connectivity index (χ0n) is 14.9. The first-order valence-corrected chi connectivity index (χ1v) is 9.72. The van der Waals surface area contributed by atoms with E-state index in [1.807, 2.05) is 42.7 Å². The predicted octanol–water partition coefficient (Wildman–Crippen LogP) is 4.80. The molecule has 0 saturated heterocycles. The second kappa shape index (κ2) is 8.54. The predicted molar refractivity (Wildman–Crippen MR) is 107 cm³/mol. The summed E-state index contributed by atoms with van der Waals surface area (Å²) in [5.74, 6) is 0.202.